The molecule has 152 valence electrons. The fraction of sp³-hybridized carbons (Fsp3) is 0.273. The summed E-state index contributed by atoms with van der Waals surface area (Å²) in [6, 6.07) is 12.6. The summed E-state index contributed by atoms with van der Waals surface area (Å²) < 4.78 is 1.75. The molecule has 1 aliphatic carbocycles. The Morgan fingerprint density at radius 2 is 2.03 bits per heavy atom. The molecule has 2 amide bonds. The largest absolute Gasteiger partial charge is 0.367 e. The second-order valence-electron chi connectivity index (χ2n) is 7.78. The van der Waals surface area contributed by atoms with Crippen LogP contribution >= 0.6 is 0 Å². The van der Waals surface area contributed by atoms with E-state index in [-0.39, 0.29) is 24.3 Å². The molecule has 1 aromatic carbocycles. The standard InChI is InChI=1S/C22H22N6O2/c1-13(14-5-3-2-4-6-14)24-18-11-19(25-17-7-8-17)28-21(26-18)16(12-23-28)9-15-10-20(29)27-22(15)30/h2-6,9,11-13,17,25H,7-8,10H2,1H3,(H,24,26)(H,27,29,30)/t13-/m1/s1. The van der Waals surface area contributed by atoms with E-state index in [9.17, 15) is 9.59 Å². The van der Waals surface area contributed by atoms with Gasteiger partial charge in [0.15, 0.2) is 5.65 Å². The number of hydrogen-bond donors (Lipinski definition) is 3. The lowest BCUT2D eigenvalue weighted by Crippen LogP contribution is -2.19. The average molecular weight is 402 g/mol. The molecule has 2 aromatic heterocycles. The smallest absolute Gasteiger partial charge is 0.254 e. The number of hydrogen-bond acceptors (Lipinski definition) is 6. The summed E-state index contributed by atoms with van der Waals surface area (Å²) in [6.07, 6.45) is 5.71. The molecule has 0 unspecified atom stereocenters. The Hall–Kier alpha value is -3.68. The van der Waals surface area contributed by atoms with E-state index >= 15 is 0 Å². The molecule has 1 saturated carbocycles. The van der Waals surface area contributed by atoms with Gasteiger partial charge in [-0.25, -0.2) is 4.98 Å². The number of carbonyl (C=O) groups excluding carboxylic acids is 2. The molecular weight excluding hydrogens is 380 g/mol. The third-order valence-corrected chi connectivity index (χ3v) is 5.32. The Morgan fingerprint density at radius 1 is 1.23 bits per heavy atom. The van der Waals surface area contributed by atoms with Crippen LogP contribution in [-0.2, 0) is 9.59 Å². The number of amides is 2. The van der Waals surface area contributed by atoms with E-state index in [4.69, 9.17) is 4.98 Å². The predicted molar refractivity (Wildman–Crippen MR) is 114 cm³/mol. The summed E-state index contributed by atoms with van der Waals surface area (Å²) in [6.45, 7) is 2.09. The second-order valence-corrected chi connectivity index (χ2v) is 7.78. The van der Waals surface area contributed by atoms with Gasteiger partial charge < -0.3 is 10.6 Å². The summed E-state index contributed by atoms with van der Waals surface area (Å²) in [7, 11) is 0. The van der Waals surface area contributed by atoms with Crippen LogP contribution in [0.3, 0.4) is 0 Å². The van der Waals surface area contributed by atoms with Crippen molar-refractivity contribution in [2.24, 2.45) is 0 Å². The minimum Gasteiger partial charge on any atom is -0.367 e. The van der Waals surface area contributed by atoms with Gasteiger partial charge in [-0.1, -0.05) is 30.3 Å². The molecule has 8 heteroatoms. The van der Waals surface area contributed by atoms with Crippen LogP contribution in [-0.4, -0.2) is 32.5 Å². The van der Waals surface area contributed by atoms with Crippen LogP contribution in [0.5, 0.6) is 0 Å². The van der Waals surface area contributed by atoms with Crippen molar-refractivity contribution in [3.05, 3.63) is 59.3 Å². The molecule has 0 radical (unpaired) electrons. The van der Waals surface area contributed by atoms with Crippen molar-refractivity contribution < 1.29 is 9.59 Å². The zero-order valence-corrected chi connectivity index (χ0v) is 16.6. The molecule has 3 N–H and O–H groups in total. The van der Waals surface area contributed by atoms with Gasteiger partial charge in [0.25, 0.3) is 5.91 Å². The molecule has 0 spiro atoms. The molecule has 1 atom stereocenters. The predicted octanol–water partition coefficient (Wildman–Crippen LogP) is 2.91. The fourth-order valence-electron chi connectivity index (χ4n) is 3.55. The number of imide groups is 1. The van der Waals surface area contributed by atoms with E-state index in [1.807, 2.05) is 24.3 Å². The first-order valence-electron chi connectivity index (χ1n) is 10.1. The maximum absolute atomic E-state index is 12.0. The van der Waals surface area contributed by atoms with Crippen molar-refractivity contribution in [1.29, 1.82) is 0 Å². The molecule has 2 fully saturated rings. The molecular formula is C22H22N6O2. The molecule has 1 saturated heterocycles. The number of carbonyl (C=O) groups is 2. The number of nitrogens with zero attached hydrogens (tertiary/aromatic N) is 3. The van der Waals surface area contributed by atoms with E-state index in [2.05, 4.69) is 40.1 Å². The van der Waals surface area contributed by atoms with E-state index in [0.29, 0.717) is 28.6 Å². The van der Waals surface area contributed by atoms with Crippen LogP contribution in [0.1, 0.15) is 43.4 Å². The third-order valence-electron chi connectivity index (χ3n) is 5.32. The first-order valence-corrected chi connectivity index (χ1v) is 10.1. The zero-order valence-electron chi connectivity index (χ0n) is 16.6. The molecule has 30 heavy (non-hydrogen) atoms. The molecule has 1 aliphatic heterocycles. The van der Waals surface area contributed by atoms with E-state index in [1.54, 1.807) is 16.8 Å². The van der Waals surface area contributed by atoms with Crippen molar-refractivity contribution >= 4 is 35.2 Å². The number of fused-ring (bicyclic) bond motifs is 1. The van der Waals surface area contributed by atoms with E-state index in [1.165, 1.54) is 0 Å². The number of aromatic nitrogens is 3. The van der Waals surface area contributed by atoms with Crippen LogP contribution in [0.25, 0.3) is 11.7 Å². The summed E-state index contributed by atoms with van der Waals surface area (Å²) in [4.78, 5) is 28.2. The highest BCUT2D eigenvalue weighted by molar-refractivity contribution is 6.15. The van der Waals surface area contributed by atoms with Gasteiger partial charge in [-0.2, -0.15) is 9.61 Å². The van der Waals surface area contributed by atoms with Gasteiger partial charge >= 0.3 is 0 Å². The zero-order chi connectivity index (χ0) is 20.7. The van der Waals surface area contributed by atoms with Gasteiger partial charge in [-0.05, 0) is 31.4 Å². The lowest BCUT2D eigenvalue weighted by molar-refractivity contribution is -0.124. The minimum atomic E-state index is -0.359. The lowest BCUT2D eigenvalue weighted by atomic mass is 10.1. The minimum absolute atomic E-state index is 0.0675. The first kappa shape index (κ1) is 18.4. The normalized spacial score (nSPS) is 18.6. The van der Waals surface area contributed by atoms with E-state index < -0.39 is 0 Å². The van der Waals surface area contributed by atoms with Gasteiger partial charge in [-0.3, -0.25) is 14.9 Å². The number of nitrogens with one attached hydrogen (secondary N) is 3. The Labute approximate surface area is 173 Å². The van der Waals surface area contributed by atoms with Crippen LogP contribution in [0.2, 0.25) is 0 Å². The van der Waals surface area contributed by atoms with E-state index in [0.717, 1.165) is 24.2 Å². The van der Waals surface area contributed by atoms with Gasteiger partial charge in [0, 0.05) is 29.3 Å². The number of benzene rings is 1. The fourth-order valence-corrected chi connectivity index (χ4v) is 3.55. The Balaban J connectivity index is 1.53. The molecule has 0 bridgehead atoms. The monoisotopic (exact) mass is 402 g/mol. The van der Waals surface area contributed by atoms with Gasteiger partial charge in [0.2, 0.25) is 5.91 Å². The van der Waals surface area contributed by atoms with Crippen molar-refractivity contribution in [1.82, 2.24) is 19.9 Å². The number of rotatable bonds is 6. The lowest BCUT2D eigenvalue weighted by Gasteiger charge is -2.17. The average Bonchev–Trinajstić information content (AvgIpc) is 3.37. The Bertz CT molecular complexity index is 1160. The highest BCUT2D eigenvalue weighted by Crippen LogP contribution is 2.29. The highest BCUT2D eigenvalue weighted by Gasteiger charge is 2.26. The summed E-state index contributed by atoms with van der Waals surface area (Å²) in [5.41, 5.74) is 2.91. The summed E-state index contributed by atoms with van der Waals surface area (Å²) >= 11 is 0. The van der Waals surface area contributed by atoms with Gasteiger partial charge in [0.05, 0.1) is 12.6 Å². The third kappa shape index (κ3) is 3.63. The highest BCUT2D eigenvalue weighted by atomic mass is 16.2. The molecule has 3 heterocycles. The number of anilines is 2. The topological polar surface area (TPSA) is 100 Å². The van der Waals surface area contributed by atoms with Crippen molar-refractivity contribution in [2.75, 3.05) is 10.6 Å². The van der Waals surface area contributed by atoms with Crippen molar-refractivity contribution in [3.63, 3.8) is 0 Å². The van der Waals surface area contributed by atoms with Crippen molar-refractivity contribution in [3.8, 4) is 0 Å². The molecule has 5 rings (SSSR count). The van der Waals surface area contributed by atoms with Gasteiger partial charge in [0.1, 0.15) is 11.6 Å². The van der Waals surface area contributed by atoms with Gasteiger partial charge in [-0.15, -0.1) is 0 Å². The second kappa shape index (κ2) is 7.29. The SMILES string of the molecule is C[C@@H](Nc1cc(NC2CC2)n2ncc(C=C3CC(=O)NC3=O)c2n1)c1ccccc1. The van der Waals surface area contributed by atoms with Crippen LogP contribution in [0.4, 0.5) is 11.6 Å². The quantitative estimate of drug-likeness (QED) is 0.433. The first-order chi connectivity index (χ1) is 14.6. The maximum Gasteiger partial charge on any atom is 0.254 e. The van der Waals surface area contributed by atoms with Crippen LogP contribution in [0.15, 0.2) is 48.2 Å². The van der Waals surface area contributed by atoms with Crippen LogP contribution < -0.4 is 16.0 Å². The molecule has 2 aliphatic rings. The van der Waals surface area contributed by atoms with Crippen LogP contribution in [0, 0.1) is 0 Å². The Kier molecular flexibility index (Phi) is 4.46. The maximum atomic E-state index is 12.0. The summed E-state index contributed by atoms with van der Waals surface area (Å²) in [5, 5.41) is 13.7. The molecule has 8 nitrogen and oxygen atoms in total. The molecule has 3 aromatic rings. The summed E-state index contributed by atoms with van der Waals surface area (Å²) in [5.74, 6) is 0.921. The Morgan fingerprint density at radius 3 is 2.73 bits per heavy atom. The van der Waals surface area contributed by atoms with Crippen molar-refractivity contribution in [2.45, 2.75) is 38.3 Å².